The quantitative estimate of drug-likeness (QED) is 0.684. The van der Waals surface area contributed by atoms with E-state index in [-0.39, 0.29) is 0 Å². The zero-order chi connectivity index (χ0) is 14.8. The second-order valence-corrected chi connectivity index (χ2v) is 6.89. The van der Waals surface area contributed by atoms with Gasteiger partial charge >= 0.3 is 0 Å². The predicted octanol–water partition coefficient (Wildman–Crippen LogP) is 2.48. The zero-order valence-corrected chi connectivity index (χ0v) is 12.3. The molecule has 0 spiro atoms. The van der Waals surface area contributed by atoms with Gasteiger partial charge in [0, 0.05) is 18.8 Å². The lowest BCUT2D eigenvalue weighted by Gasteiger charge is -2.47. The number of carbonyl (C=O) groups excluding carboxylic acids is 1. The number of hydrogen-bond donors (Lipinski definition) is 4. The van der Waals surface area contributed by atoms with E-state index in [2.05, 4.69) is 5.32 Å². The van der Waals surface area contributed by atoms with Crippen LogP contribution < -0.4 is 15.4 Å². The van der Waals surface area contributed by atoms with Crippen molar-refractivity contribution in [3.05, 3.63) is 23.8 Å². The standard InChI is InChI=1S/C13H21N3O3S/c1-2-15-10-5-6-12(11(9-10)13(14)17)16-7-3-4-8-20(16,18)19/h5-6,9,15,18-19H,2-4,7-8H2,1H3,(H2,14,17). The van der Waals surface area contributed by atoms with Crippen LogP contribution in [0.15, 0.2) is 18.2 Å². The van der Waals surface area contributed by atoms with Crippen molar-refractivity contribution in [2.75, 3.05) is 28.5 Å². The summed E-state index contributed by atoms with van der Waals surface area (Å²) in [4.78, 5) is 11.6. The molecule has 1 aromatic rings. The van der Waals surface area contributed by atoms with E-state index in [1.165, 1.54) is 4.31 Å². The van der Waals surface area contributed by atoms with Crippen LogP contribution in [0.3, 0.4) is 0 Å². The predicted molar refractivity (Wildman–Crippen MR) is 83.4 cm³/mol. The van der Waals surface area contributed by atoms with Crippen LogP contribution in [0.2, 0.25) is 0 Å². The largest absolute Gasteiger partial charge is 0.385 e. The smallest absolute Gasteiger partial charge is 0.250 e. The Bertz CT molecular complexity index is 508. The molecule has 2 rings (SSSR count). The number of nitrogens with zero attached hydrogens (tertiary/aromatic N) is 1. The van der Waals surface area contributed by atoms with Crippen molar-refractivity contribution in [3.8, 4) is 0 Å². The highest BCUT2D eigenvalue weighted by Gasteiger charge is 2.29. The van der Waals surface area contributed by atoms with Crippen molar-refractivity contribution in [3.63, 3.8) is 0 Å². The molecule has 1 aliphatic heterocycles. The first kappa shape index (κ1) is 15.0. The van der Waals surface area contributed by atoms with Crippen LogP contribution in [0, 0.1) is 0 Å². The molecule has 1 amide bonds. The van der Waals surface area contributed by atoms with E-state index in [0.717, 1.165) is 25.1 Å². The summed E-state index contributed by atoms with van der Waals surface area (Å²) in [6.07, 6.45) is 1.64. The first-order valence-corrected chi connectivity index (χ1v) is 8.34. The summed E-state index contributed by atoms with van der Waals surface area (Å²) in [6.45, 7) is 3.21. The van der Waals surface area contributed by atoms with E-state index in [4.69, 9.17) is 5.73 Å². The number of rotatable bonds is 4. The maximum atomic E-state index is 11.6. The first-order chi connectivity index (χ1) is 9.45. The summed E-state index contributed by atoms with van der Waals surface area (Å²) in [6, 6.07) is 5.19. The molecule has 0 aromatic heterocycles. The van der Waals surface area contributed by atoms with Gasteiger partial charge in [0.25, 0.3) is 5.91 Å². The minimum atomic E-state index is -2.85. The Morgan fingerprint density at radius 1 is 1.45 bits per heavy atom. The molecule has 1 fully saturated rings. The third-order valence-electron chi connectivity index (χ3n) is 3.29. The topological polar surface area (TPSA) is 98.8 Å². The second-order valence-electron chi connectivity index (χ2n) is 4.77. The Hall–Kier alpha value is -1.44. The van der Waals surface area contributed by atoms with Crippen LogP contribution in [-0.2, 0) is 0 Å². The molecule has 1 heterocycles. The third kappa shape index (κ3) is 3.00. The monoisotopic (exact) mass is 299 g/mol. The normalized spacial score (nSPS) is 19.4. The average molecular weight is 299 g/mol. The Labute approximate surface area is 120 Å². The molecule has 0 saturated carbocycles. The van der Waals surface area contributed by atoms with Crippen LogP contribution in [0.4, 0.5) is 11.4 Å². The summed E-state index contributed by atoms with van der Waals surface area (Å²) >= 11 is 0. The molecule has 112 valence electrons. The average Bonchev–Trinajstić information content (AvgIpc) is 2.39. The van der Waals surface area contributed by atoms with Crippen molar-refractivity contribution in [1.29, 1.82) is 0 Å². The summed E-state index contributed by atoms with van der Waals surface area (Å²) in [5, 5.41) is 3.11. The molecular formula is C13H21N3O3S. The molecule has 20 heavy (non-hydrogen) atoms. The van der Waals surface area contributed by atoms with Gasteiger partial charge in [0.15, 0.2) is 0 Å². The number of hydrogen-bond acceptors (Lipinski definition) is 5. The number of nitrogens with one attached hydrogen (secondary N) is 1. The van der Waals surface area contributed by atoms with Crippen molar-refractivity contribution >= 4 is 28.1 Å². The van der Waals surface area contributed by atoms with Gasteiger partial charge in [-0.05, 0) is 38.0 Å². The maximum absolute atomic E-state index is 11.6. The SMILES string of the molecule is CCNc1ccc(N2CCCCS2(O)O)c(C(N)=O)c1. The molecule has 1 aliphatic rings. The highest BCUT2D eigenvalue weighted by Crippen LogP contribution is 2.50. The lowest BCUT2D eigenvalue weighted by Crippen LogP contribution is -2.35. The van der Waals surface area contributed by atoms with Crippen molar-refractivity contribution in [1.82, 2.24) is 0 Å². The minimum absolute atomic E-state index is 0.310. The van der Waals surface area contributed by atoms with E-state index in [0.29, 0.717) is 23.5 Å². The Morgan fingerprint density at radius 3 is 2.80 bits per heavy atom. The van der Waals surface area contributed by atoms with E-state index in [1.54, 1.807) is 12.1 Å². The molecular weight excluding hydrogens is 278 g/mol. The minimum Gasteiger partial charge on any atom is -0.385 e. The third-order valence-corrected chi connectivity index (χ3v) is 5.22. The lowest BCUT2D eigenvalue weighted by atomic mass is 10.1. The lowest BCUT2D eigenvalue weighted by molar-refractivity contribution is 0.100. The number of amides is 1. The van der Waals surface area contributed by atoms with Gasteiger partial charge in [-0.15, -0.1) is 10.8 Å². The van der Waals surface area contributed by atoms with Gasteiger partial charge in [0.2, 0.25) is 0 Å². The van der Waals surface area contributed by atoms with Gasteiger partial charge < -0.3 is 11.1 Å². The van der Waals surface area contributed by atoms with Crippen LogP contribution in [-0.4, -0.2) is 33.9 Å². The van der Waals surface area contributed by atoms with Crippen LogP contribution in [0.1, 0.15) is 30.1 Å². The highest BCUT2D eigenvalue weighted by atomic mass is 32.3. The van der Waals surface area contributed by atoms with Gasteiger partial charge in [-0.3, -0.25) is 18.2 Å². The number of anilines is 2. The molecule has 6 nitrogen and oxygen atoms in total. The Balaban J connectivity index is 2.42. The molecule has 7 heteroatoms. The van der Waals surface area contributed by atoms with E-state index in [1.807, 2.05) is 13.0 Å². The first-order valence-electron chi connectivity index (χ1n) is 6.67. The maximum Gasteiger partial charge on any atom is 0.250 e. The fraction of sp³-hybridized carbons (Fsp3) is 0.462. The molecule has 1 aromatic carbocycles. The molecule has 0 unspecified atom stereocenters. The number of carbonyl (C=O) groups is 1. The fourth-order valence-corrected chi connectivity index (χ4v) is 4.06. The number of nitrogens with two attached hydrogens (primary N) is 1. The van der Waals surface area contributed by atoms with Crippen LogP contribution in [0.5, 0.6) is 0 Å². The van der Waals surface area contributed by atoms with Crippen molar-refractivity contribution < 1.29 is 13.9 Å². The van der Waals surface area contributed by atoms with Gasteiger partial charge in [-0.2, -0.15) is 0 Å². The highest BCUT2D eigenvalue weighted by molar-refractivity contribution is 8.25. The van der Waals surface area contributed by atoms with Gasteiger partial charge in [-0.1, -0.05) is 0 Å². The Kier molecular flexibility index (Phi) is 4.42. The summed E-state index contributed by atoms with van der Waals surface area (Å²) < 4.78 is 21.8. The zero-order valence-electron chi connectivity index (χ0n) is 11.5. The second kappa shape index (κ2) is 5.90. The molecule has 0 radical (unpaired) electrons. The Morgan fingerprint density at radius 2 is 2.20 bits per heavy atom. The van der Waals surface area contributed by atoms with Crippen LogP contribution in [0.25, 0.3) is 0 Å². The molecule has 5 N–H and O–H groups in total. The summed E-state index contributed by atoms with van der Waals surface area (Å²) in [7, 11) is -2.85. The van der Waals surface area contributed by atoms with E-state index < -0.39 is 16.7 Å². The summed E-state index contributed by atoms with van der Waals surface area (Å²) in [5.74, 6) is -0.235. The van der Waals surface area contributed by atoms with E-state index >= 15 is 0 Å². The number of benzene rings is 1. The van der Waals surface area contributed by atoms with Crippen molar-refractivity contribution in [2.45, 2.75) is 19.8 Å². The molecule has 0 atom stereocenters. The molecule has 1 saturated heterocycles. The fourth-order valence-electron chi connectivity index (χ4n) is 2.35. The van der Waals surface area contributed by atoms with Gasteiger partial charge in [0.1, 0.15) is 0 Å². The molecule has 0 aliphatic carbocycles. The van der Waals surface area contributed by atoms with Crippen molar-refractivity contribution in [2.24, 2.45) is 5.73 Å². The molecule has 0 bridgehead atoms. The van der Waals surface area contributed by atoms with Crippen LogP contribution >= 0.6 is 10.8 Å². The summed E-state index contributed by atoms with van der Waals surface area (Å²) in [5.41, 5.74) is 7.03. The van der Waals surface area contributed by atoms with E-state index in [9.17, 15) is 13.9 Å². The van der Waals surface area contributed by atoms with Gasteiger partial charge in [0.05, 0.1) is 17.0 Å². The number of primary amides is 1. The van der Waals surface area contributed by atoms with Gasteiger partial charge in [-0.25, -0.2) is 0 Å².